The molecule has 0 saturated heterocycles. The Labute approximate surface area is 124 Å². The third-order valence-corrected chi connectivity index (χ3v) is 3.79. The first kappa shape index (κ1) is 12.7. The summed E-state index contributed by atoms with van der Waals surface area (Å²) in [5, 5.41) is 1.31. The Balaban J connectivity index is 2.28. The van der Waals surface area contributed by atoms with Crippen molar-refractivity contribution in [2.45, 2.75) is 0 Å². The minimum absolute atomic E-state index is 0.202. The molecule has 4 aromatic rings. The van der Waals surface area contributed by atoms with E-state index in [2.05, 4.69) is 9.97 Å². The van der Waals surface area contributed by atoms with Gasteiger partial charge in [-0.2, -0.15) is 0 Å². The molecular weight excluding hydrogens is 282 g/mol. The lowest BCUT2D eigenvalue weighted by atomic mass is 10.1. The fraction of sp³-hybridized carbons (Fsp3) is 0.125. The van der Waals surface area contributed by atoms with Crippen molar-refractivity contribution in [2.75, 3.05) is 14.2 Å². The molecule has 0 atom stereocenters. The number of benzene rings is 1. The maximum absolute atomic E-state index is 12.3. The van der Waals surface area contributed by atoms with Crippen LogP contribution in [0.4, 0.5) is 0 Å². The lowest BCUT2D eigenvalue weighted by Crippen LogP contribution is -2.07. The van der Waals surface area contributed by atoms with Gasteiger partial charge in [-0.1, -0.05) is 6.07 Å². The van der Waals surface area contributed by atoms with E-state index in [1.54, 1.807) is 20.3 Å². The molecular formula is C16H13N3O3. The highest BCUT2D eigenvalue weighted by Crippen LogP contribution is 2.33. The van der Waals surface area contributed by atoms with Gasteiger partial charge in [0.05, 0.1) is 25.1 Å². The highest BCUT2D eigenvalue weighted by molar-refractivity contribution is 6.04. The normalized spacial score (nSPS) is 11.4. The zero-order chi connectivity index (χ0) is 15.3. The summed E-state index contributed by atoms with van der Waals surface area (Å²) in [5.41, 5.74) is 1.96. The van der Waals surface area contributed by atoms with Crippen LogP contribution in [0, 0.1) is 0 Å². The van der Waals surface area contributed by atoms with E-state index in [1.165, 1.54) is 0 Å². The molecule has 6 nitrogen and oxygen atoms in total. The first-order valence-corrected chi connectivity index (χ1v) is 6.77. The van der Waals surface area contributed by atoms with Gasteiger partial charge in [-0.05, 0) is 24.3 Å². The minimum atomic E-state index is -0.202. The second-order valence-corrected chi connectivity index (χ2v) is 4.94. The van der Waals surface area contributed by atoms with E-state index in [0.717, 1.165) is 16.6 Å². The first-order valence-electron chi connectivity index (χ1n) is 6.77. The summed E-state index contributed by atoms with van der Waals surface area (Å²) in [6.45, 7) is 0. The summed E-state index contributed by atoms with van der Waals surface area (Å²) in [5.74, 6) is 1.10. The van der Waals surface area contributed by atoms with E-state index < -0.39 is 0 Å². The fourth-order valence-electron chi connectivity index (χ4n) is 2.78. The van der Waals surface area contributed by atoms with E-state index in [4.69, 9.17) is 9.47 Å². The van der Waals surface area contributed by atoms with Crippen molar-refractivity contribution in [2.24, 2.45) is 0 Å². The molecule has 3 aromatic heterocycles. The number of hydrogen-bond acceptors (Lipinski definition) is 4. The fourth-order valence-corrected chi connectivity index (χ4v) is 2.78. The topological polar surface area (TPSA) is 68.6 Å². The lowest BCUT2D eigenvalue weighted by Gasteiger charge is -2.09. The molecule has 0 fully saturated rings. The summed E-state index contributed by atoms with van der Waals surface area (Å²) in [7, 11) is 3.12. The number of rotatable bonds is 2. The smallest absolute Gasteiger partial charge is 0.257 e. The van der Waals surface area contributed by atoms with E-state index in [9.17, 15) is 4.79 Å². The van der Waals surface area contributed by atoms with Crippen LogP contribution >= 0.6 is 0 Å². The molecule has 0 spiro atoms. The summed E-state index contributed by atoms with van der Waals surface area (Å²) in [4.78, 5) is 19.6. The SMILES string of the molecule is COc1cc2c(=O)[nH]c3nc4ccccn4c3c2cc1OC. The monoisotopic (exact) mass is 295 g/mol. The molecule has 0 amide bonds. The molecule has 0 unspecified atom stereocenters. The molecule has 1 N–H and O–H groups in total. The summed E-state index contributed by atoms with van der Waals surface area (Å²) in [6.07, 6.45) is 1.92. The largest absolute Gasteiger partial charge is 0.493 e. The maximum Gasteiger partial charge on any atom is 0.257 e. The van der Waals surface area contributed by atoms with Gasteiger partial charge in [0.1, 0.15) is 5.65 Å². The molecule has 1 aromatic carbocycles. The van der Waals surface area contributed by atoms with Gasteiger partial charge < -0.3 is 14.5 Å². The number of H-pyrrole nitrogens is 1. The van der Waals surface area contributed by atoms with Crippen LogP contribution in [0.5, 0.6) is 11.5 Å². The van der Waals surface area contributed by atoms with Crippen molar-refractivity contribution < 1.29 is 9.47 Å². The molecule has 0 radical (unpaired) electrons. The second kappa shape index (κ2) is 4.49. The molecule has 0 aliphatic rings. The molecule has 110 valence electrons. The number of aromatic amines is 1. The lowest BCUT2D eigenvalue weighted by molar-refractivity contribution is 0.356. The van der Waals surface area contributed by atoms with E-state index >= 15 is 0 Å². The van der Waals surface area contributed by atoms with Gasteiger partial charge in [0.2, 0.25) is 0 Å². The third kappa shape index (κ3) is 1.60. The van der Waals surface area contributed by atoms with Crippen molar-refractivity contribution in [3.8, 4) is 11.5 Å². The molecule has 0 aliphatic heterocycles. The average Bonchev–Trinajstić information content (AvgIpc) is 2.91. The van der Waals surface area contributed by atoms with Gasteiger partial charge in [0, 0.05) is 11.6 Å². The Bertz CT molecular complexity index is 1080. The number of hydrogen-bond donors (Lipinski definition) is 1. The standard InChI is InChI=1S/C16H13N3O3/c1-21-11-7-9-10(8-12(11)22-2)16(20)18-15-14(9)19-6-4-3-5-13(19)17-15/h3-8H,1-2H3,(H,18,20). The summed E-state index contributed by atoms with van der Waals surface area (Å²) in [6, 6.07) is 9.23. The number of ether oxygens (including phenoxy) is 2. The van der Waals surface area contributed by atoms with Crippen molar-refractivity contribution >= 4 is 27.6 Å². The predicted octanol–water partition coefficient (Wildman–Crippen LogP) is 2.35. The number of pyridine rings is 2. The molecule has 22 heavy (non-hydrogen) atoms. The van der Waals surface area contributed by atoms with Crippen molar-refractivity contribution in [3.63, 3.8) is 0 Å². The number of nitrogens with one attached hydrogen (secondary N) is 1. The minimum Gasteiger partial charge on any atom is -0.493 e. The van der Waals surface area contributed by atoms with E-state index in [0.29, 0.717) is 22.5 Å². The predicted molar refractivity (Wildman–Crippen MR) is 83.9 cm³/mol. The maximum atomic E-state index is 12.3. The van der Waals surface area contributed by atoms with Gasteiger partial charge in [-0.25, -0.2) is 4.98 Å². The van der Waals surface area contributed by atoms with Gasteiger partial charge in [0.25, 0.3) is 5.56 Å². The van der Waals surface area contributed by atoms with Crippen LogP contribution in [0.3, 0.4) is 0 Å². The van der Waals surface area contributed by atoms with Gasteiger partial charge in [-0.3, -0.25) is 9.20 Å². The van der Waals surface area contributed by atoms with Crippen LogP contribution in [0.1, 0.15) is 0 Å². The molecule has 0 aliphatic carbocycles. The Kier molecular flexibility index (Phi) is 2.59. The van der Waals surface area contributed by atoms with Crippen LogP contribution in [0.25, 0.3) is 27.6 Å². The Morgan fingerprint density at radius 2 is 1.82 bits per heavy atom. The van der Waals surface area contributed by atoms with E-state index in [1.807, 2.05) is 34.9 Å². The van der Waals surface area contributed by atoms with Crippen molar-refractivity contribution in [1.82, 2.24) is 14.4 Å². The van der Waals surface area contributed by atoms with Crippen LogP contribution < -0.4 is 15.0 Å². The van der Waals surface area contributed by atoms with Crippen LogP contribution in [-0.2, 0) is 0 Å². The highest BCUT2D eigenvalue weighted by atomic mass is 16.5. The molecule has 6 heteroatoms. The van der Waals surface area contributed by atoms with Gasteiger partial charge in [0.15, 0.2) is 17.1 Å². The third-order valence-electron chi connectivity index (χ3n) is 3.79. The zero-order valence-electron chi connectivity index (χ0n) is 12.1. The molecule has 0 saturated carbocycles. The van der Waals surface area contributed by atoms with E-state index in [-0.39, 0.29) is 5.56 Å². The van der Waals surface area contributed by atoms with Crippen LogP contribution in [0.15, 0.2) is 41.3 Å². The average molecular weight is 295 g/mol. The van der Waals surface area contributed by atoms with Crippen LogP contribution in [-0.4, -0.2) is 28.6 Å². The zero-order valence-corrected chi connectivity index (χ0v) is 12.1. The Morgan fingerprint density at radius 1 is 1.09 bits per heavy atom. The molecule has 4 rings (SSSR count). The van der Waals surface area contributed by atoms with Gasteiger partial charge >= 0.3 is 0 Å². The first-order chi connectivity index (χ1) is 10.7. The number of methoxy groups -OCH3 is 2. The number of fused-ring (bicyclic) bond motifs is 5. The summed E-state index contributed by atoms with van der Waals surface area (Å²) < 4.78 is 12.6. The van der Waals surface area contributed by atoms with Crippen molar-refractivity contribution in [1.29, 1.82) is 0 Å². The van der Waals surface area contributed by atoms with Crippen LogP contribution in [0.2, 0.25) is 0 Å². The quantitative estimate of drug-likeness (QED) is 0.616. The molecule has 0 bridgehead atoms. The van der Waals surface area contributed by atoms with Gasteiger partial charge in [-0.15, -0.1) is 0 Å². The Morgan fingerprint density at radius 3 is 2.55 bits per heavy atom. The van der Waals surface area contributed by atoms with Crippen molar-refractivity contribution in [3.05, 3.63) is 46.9 Å². The summed E-state index contributed by atoms with van der Waals surface area (Å²) >= 11 is 0. The number of imidazole rings is 1. The highest BCUT2D eigenvalue weighted by Gasteiger charge is 2.15. The number of nitrogens with zero attached hydrogens (tertiary/aromatic N) is 2. The molecule has 3 heterocycles. The second-order valence-electron chi connectivity index (χ2n) is 4.94. The number of aromatic nitrogens is 3. The Hall–Kier alpha value is -3.02.